The zero-order valence-electron chi connectivity index (χ0n) is 13.9. The molecule has 3 aliphatic rings. The van der Waals surface area contributed by atoms with Gasteiger partial charge in [0.15, 0.2) is 11.6 Å². The monoisotopic (exact) mass is 325 g/mol. The Bertz CT molecular complexity index is 810. The number of nitrogens with zero attached hydrogens (tertiary/aromatic N) is 1. The maximum Gasteiger partial charge on any atom is 0.339 e. The number of hydrogen-bond donors (Lipinski definition) is 1. The van der Waals surface area contributed by atoms with Gasteiger partial charge in [-0.15, -0.1) is 0 Å². The number of aliphatic carboxylic acids is 1. The lowest BCUT2D eigenvalue weighted by atomic mass is 9.49. The first-order valence-corrected chi connectivity index (χ1v) is 8.04. The number of hydrogen-bond acceptors (Lipinski definition) is 4. The van der Waals surface area contributed by atoms with E-state index in [2.05, 4.69) is 0 Å². The lowest BCUT2D eigenvalue weighted by Gasteiger charge is -2.54. The third-order valence-corrected chi connectivity index (χ3v) is 6.02. The third-order valence-electron chi connectivity index (χ3n) is 6.02. The molecule has 1 N–H and O–H groups in total. The highest BCUT2D eigenvalue weighted by atomic mass is 16.4. The quantitative estimate of drug-likeness (QED) is 0.748. The van der Waals surface area contributed by atoms with Crippen LogP contribution < -0.4 is 0 Å². The van der Waals surface area contributed by atoms with E-state index in [-0.39, 0.29) is 28.6 Å². The fourth-order valence-electron chi connectivity index (χ4n) is 4.78. The molecule has 0 saturated heterocycles. The van der Waals surface area contributed by atoms with E-state index in [0.29, 0.717) is 0 Å². The minimum absolute atomic E-state index is 0.0442. The van der Waals surface area contributed by atoms with Crippen LogP contribution in [0.15, 0.2) is 34.9 Å². The van der Waals surface area contributed by atoms with Gasteiger partial charge in [0.1, 0.15) is 6.07 Å². The summed E-state index contributed by atoms with van der Waals surface area (Å²) in [5.74, 6) is -2.37. The van der Waals surface area contributed by atoms with Gasteiger partial charge in [-0.25, -0.2) is 4.79 Å². The number of Topliss-reactive ketones (excluding diaryl/α,β-unsaturated/α-hetero) is 1. The summed E-state index contributed by atoms with van der Waals surface area (Å²) in [5, 5.41) is 18.5. The van der Waals surface area contributed by atoms with E-state index in [4.69, 9.17) is 5.26 Å². The Morgan fingerprint density at radius 1 is 1.33 bits per heavy atom. The molecule has 0 heterocycles. The van der Waals surface area contributed by atoms with Gasteiger partial charge in [0.05, 0.1) is 11.1 Å². The predicted octanol–water partition coefficient (Wildman–Crippen LogP) is 2.60. The van der Waals surface area contributed by atoms with Crippen molar-refractivity contribution in [2.45, 2.75) is 33.6 Å². The highest BCUT2D eigenvalue weighted by Crippen LogP contribution is 2.60. The molecular formula is C19H19NO4. The Morgan fingerprint density at radius 2 is 2.00 bits per heavy atom. The summed E-state index contributed by atoms with van der Waals surface area (Å²) < 4.78 is 0. The van der Waals surface area contributed by atoms with E-state index in [9.17, 15) is 19.5 Å². The van der Waals surface area contributed by atoms with E-state index in [1.807, 2.05) is 19.9 Å². The molecule has 0 aromatic heterocycles. The lowest BCUT2D eigenvalue weighted by Crippen LogP contribution is -2.49. The van der Waals surface area contributed by atoms with Crippen molar-refractivity contribution in [2.24, 2.45) is 22.7 Å². The Labute approximate surface area is 140 Å². The molecule has 0 spiro atoms. The van der Waals surface area contributed by atoms with Crippen molar-refractivity contribution >= 4 is 17.5 Å². The maximum atomic E-state index is 12.4. The second kappa shape index (κ2) is 5.01. The van der Waals surface area contributed by atoms with Crippen molar-refractivity contribution in [2.75, 3.05) is 0 Å². The van der Waals surface area contributed by atoms with Crippen molar-refractivity contribution in [1.82, 2.24) is 0 Å². The van der Waals surface area contributed by atoms with Crippen molar-refractivity contribution in [1.29, 1.82) is 5.26 Å². The summed E-state index contributed by atoms with van der Waals surface area (Å²) in [6, 6.07) is 1.94. The van der Waals surface area contributed by atoms with Gasteiger partial charge < -0.3 is 5.11 Å². The number of carboxylic acids is 1. The summed E-state index contributed by atoms with van der Waals surface area (Å²) in [6.07, 6.45) is 6.20. The minimum atomic E-state index is -1.23. The molecule has 24 heavy (non-hydrogen) atoms. The van der Waals surface area contributed by atoms with Gasteiger partial charge >= 0.3 is 5.97 Å². The van der Waals surface area contributed by atoms with Crippen molar-refractivity contribution in [3.8, 4) is 6.07 Å². The van der Waals surface area contributed by atoms with Crippen LogP contribution >= 0.6 is 0 Å². The first-order valence-electron chi connectivity index (χ1n) is 8.04. The number of rotatable bonds is 1. The van der Waals surface area contributed by atoms with Crippen LogP contribution in [0.3, 0.4) is 0 Å². The van der Waals surface area contributed by atoms with E-state index < -0.39 is 22.7 Å². The van der Waals surface area contributed by atoms with Crippen LogP contribution in [-0.4, -0.2) is 22.6 Å². The van der Waals surface area contributed by atoms with Gasteiger partial charge in [-0.2, -0.15) is 5.26 Å². The normalized spacial score (nSPS) is 38.2. The fraction of sp³-hybridized carbons (Fsp3) is 0.474. The number of carboxylic acid groups (broad SMARTS) is 1. The SMILES string of the molecule is CC1C(=O)C(C(=O)O)=CC2(C)C3=CC(=O)C(C#N)=CC3(C)CCC12. The molecular weight excluding hydrogens is 306 g/mol. The second-order valence-corrected chi connectivity index (χ2v) is 7.45. The Balaban J connectivity index is 2.22. The number of carbonyl (C=O) groups excluding carboxylic acids is 2. The molecule has 0 radical (unpaired) electrons. The van der Waals surface area contributed by atoms with Crippen LogP contribution in [0, 0.1) is 34.0 Å². The van der Waals surface area contributed by atoms with Gasteiger partial charge in [0, 0.05) is 16.7 Å². The topological polar surface area (TPSA) is 95.2 Å². The molecule has 0 aromatic carbocycles. The summed E-state index contributed by atoms with van der Waals surface area (Å²) >= 11 is 0. The minimum Gasteiger partial charge on any atom is -0.478 e. The largest absolute Gasteiger partial charge is 0.478 e. The zero-order chi connectivity index (χ0) is 17.9. The molecule has 4 atom stereocenters. The zero-order valence-corrected chi connectivity index (χ0v) is 13.9. The fourth-order valence-corrected chi connectivity index (χ4v) is 4.78. The van der Waals surface area contributed by atoms with Crippen LogP contribution in [0.5, 0.6) is 0 Å². The number of fused-ring (bicyclic) bond motifs is 3. The number of nitriles is 1. The lowest BCUT2D eigenvalue weighted by molar-refractivity contribution is -0.136. The van der Waals surface area contributed by atoms with Gasteiger partial charge in [-0.05, 0) is 30.4 Å². The molecule has 4 unspecified atom stereocenters. The van der Waals surface area contributed by atoms with Crippen molar-refractivity contribution in [3.63, 3.8) is 0 Å². The van der Waals surface area contributed by atoms with Crippen LogP contribution in [-0.2, 0) is 14.4 Å². The number of carbonyl (C=O) groups is 3. The van der Waals surface area contributed by atoms with E-state index in [1.165, 1.54) is 12.2 Å². The Kier molecular flexibility index (Phi) is 3.42. The standard InChI is InChI=1S/C19H19NO4/c1-10-13-4-5-18(2)7-11(9-20)14(21)6-15(18)19(13,3)8-12(16(10)22)17(23)24/h6-8,10,13H,4-5H2,1-3H3,(H,23,24). The highest BCUT2D eigenvalue weighted by Gasteiger charge is 2.55. The van der Waals surface area contributed by atoms with Crippen LogP contribution in [0.1, 0.15) is 33.6 Å². The molecule has 1 saturated carbocycles. The van der Waals surface area contributed by atoms with Crippen LogP contribution in [0.4, 0.5) is 0 Å². The first-order chi connectivity index (χ1) is 11.1. The molecule has 5 heteroatoms. The predicted molar refractivity (Wildman–Crippen MR) is 85.6 cm³/mol. The van der Waals surface area contributed by atoms with E-state index in [1.54, 1.807) is 13.0 Å². The molecule has 3 rings (SSSR count). The highest BCUT2D eigenvalue weighted by molar-refractivity contribution is 6.18. The second-order valence-electron chi connectivity index (χ2n) is 7.45. The van der Waals surface area contributed by atoms with Gasteiger partial charge in [-0.3, -0.25) is 9.59 Å². The summed E-state index contributed by atoms with van der Waals surface area (Å²) in [5.41, 5.74) is -0.404. The number of allylic oxidation sites excluding steroid dienone is 5. The molecule has 0 bridgehead atoms. The third kappa shape index (κ3) is 2.02. The van der Waals surface area contributed by atoms with E-state index in [0.717, 1.165) is 18.4 Å². The van der Waals surface area contributed by atoms with Crippen molar-refractivity contribution in [3.05, 3.63) is 34.9 Å². The average molecular weight is 325 g/mol. The van der Waals surface area contributed by atoms with Crippen LogP contribution in [0.25, 0.3) is 0 Å². The van der Waals surface area contributed by atoms with Crippen LogP contribution in [0.2, 0.25) is 0 Å². The average Bonchev–Trinajstić information content (AvgIpc) is 2.51. The van der Waals surface area contributed by atoms with Gasteiger partial charge in [0.25, 0.3) is 0 Å². The van der Waals surface area contributed by atoms with E-state index >= 15 is 0 Å². The summed E-state index contributed by atoms with van der Waals surface area (Å²) in [6.45, 7) is 5.65. The molecule has 0 aliphatic heterocycles. The maximum absolute atomic E-state index is 12.4. The molecule has 1 fully saturated rings. The molecule has 5 nitrogen and oxygen atoms in total. The first kappa shape index (κ1) is 16.4. The van der Waals surface area contributed by atoms with Gasteiger partial charge in [0.2, 0.25) is 0 Å². The van der Waals surface area contributed by atoms with Crippen molar-refractivity contribution < 1.29 is 19.5 Å². The number of ketones is 2. The summed E-state index contributed by atoms with van der Waals surface area (Å²) in [7, 11) is 0. The molecule has 0 amide bonds. The smallest absolute Gasteiger partial charge is 0.339 e. The Morgan fingerprint density at radius 3 is 2.58 bits per heavy atom. The molecule has 124 valence electrons. The van der Waals surface area contributed by atoms with Gasteiger partial charge in [-0.1, -0.05) is 32.9 Å². The molecule has 0 aromatic rings. The summed E-state index contributed by atoms with van der Waals surface area (Å²) in [4.78, 5) is 36.1. The molecule has 3 aliphatic carbocycles. The Hall–Kier alpha value is -2.48.